The van der Waals surface area contributed by atoms with Crippen LogP contribution in [-0.4, -0.2) is 28.1 Å². The molecule has 0 aliphatic heterocycles. The number of hydrogen-bond donors (Lipinski definition) is 2. The minimum atomic E-state index is -0.399. The van der Waals surface area contributed by atoms with Gasteiger partial charge in [-0.15, -0.1) is 0 Å². The van der Waals surface area contributed by atoms with E-state index in [1.807, 2.05) is 13.8 Å². The number of carbonyl (C=O) groups excluding carboxylic acids is 2. The van der Waals surface area contributed by atoms with E-state index in [4.69, 9.17) is 0 Å². The largest absolute Gasteiger partial charge is 0.351 e. The van der Waals surface area contributed by atoms with Gasteiger partial charge in [-0.3, -0.25) is 14.3 Å². The molecular formula is C18H21FN4O2. The summed E-state index contributed by atoms with van der Waals surface area (Å²) in [6.07, 6.45) is 5.31. The van der Waals surface area contributed by atoms with Crippen LogP contribution in [0.25, 0.3) is 6.08 Å². The van der Waals surface area contributed by atoms with Crippen LogP contribution in [0.4, 0.5) is 10.1 Å². The second kappa shape index (κ2) is 8.77. The first-order valence-electron chi connectivity index (χ1n) is 8.13. The number of amides is 2. The topological polar surface area (TPSA) is 76.0 Å². The zero-order valence-electron chi connectivity index (χ0n) is 14.3. The number of anilines is 1. The van der Waals surface area contributed by atoms with Gasteiger partial charge in [0.2, 0.25) is 5.91 Å². The molecule has 2 amide bonds. The van der Waals surface area contributed by atoms with Gasteiger partial charge in [0.25, 0.3) is 5.91 Å². The summed E-state index contributed by atoms with van der Waals surface area (Å²) in [5, 5.41) is 9.59. The van der Waals surface area contributed by atoms with Crippen LogP contribution in [0, 0.1) is 5.82 Å². The third kappa shape index (κ3) is 5.27. The highest BCUT2D eigenvalue weighted by atomic mass is 19.1. The number of halogens is 1. The van der Waals surface area contributed by atoms with Crippen molar-refractivity contribution in [2.45, 2.75) is 26.8 Å². The molecule has 6 nitrogen and oxygen atoms in total. The Bertz CT molecular complexity index is 766. The van der Waals surface area contributed by atoms with Crippen molar-refractivity contribution in [2.75, 3.05) is 11.9 Å². The zero-order valence-corrected chi connectivity index (χ0v) is 14.3. The van der Waals surface area contributed by atoms with Gasteiger partial charge in [0, 0.05) is 25.4 Å². The maximum Gasteiger partial charge on any atom is 0.273 e. The highest BCUT2D eigenvalue weighted by Crippen LogP contribution is 2.14. The molecule has 2 N–H and O–H groups in total. The van der Waals surface area contributed by atoms with Crippen LogP contribution in [0.15, 0.2) is 36.5 Å². The maximum atomic E-state index is 12.9. The minimum Gasteiger partial charge on any atom is -0.351 e. The summed E-state index contributed by atoms with van der Waals surface area (Å²) in [5.74, 6) is -1.06. The van der Waals surface area contributed by atoms with Crippen molar-refractivity contribution < 1.29 is 14.0 Å². The number of aromatic nitrogens is 2. The smallest absolute Gasteiger partial charge is 0.273 e. The lowest BCUT2D eigenvalue weighted by atomic mass is 10.2. The van der Waals surface area contributed by atoms with E-state index in [-0.39, 0.29) is 17.4 Å². The molecule has 0 aliphatic carbocycles. The zero-order chi connectivity index (χ0) is 18.2. The molecule has 132 valence electrons. The second-order valence-corrected chi connectivity index (χ2v) is 5.38. The Morgan fingerprint density at radius 2 is 1.96 bits per heavy atom. The van der Waals surface area contributed by atoms with E-state index in [0.29, 0.717) is 24.3 Å². The Morgan fingerprint density at radius 3 is 2.60 bits per heavy atom. The van der Waals surface area contributed by atoms with Crippen LogP contribution in [0.5, 0.6) is 0 Å². The van der Waals surface area contributed by atoms with Crippen LogP contribution in [-0.2, 0) is 11.3 Å². The van der Waals surface area contributed by atoms with Gasteiger partial charge >= 0.3 is 0 Å². The molecule has 25 heavy (non-hydrogen) atoms. The Balaban J connectivity index is 2.09. The molecule has 0 fully saturated rings. The molecular weight excluding hydrogens is 323 g/mol. The normalized spacial score (nSPS) is 10.8. The average molecular weight is 344 g/mol. The first-order chi connectivity index (χ1) is 12.0. The molecule has 7 heteroatoms. The average Bonchev–Trinajstić information content (AvgIpc) is 3.02. The molecule has 0 unspecified atom stereocenters. The molecule has 0 atom stereocenters. The van der Waals surface area contributed by atoms with Gasteiger partial charge in [-0.25, -0.2) is 4.39 Å². The third-order valence-corrected chi connectivity index (χ3v) is 3.39. The molecule has 2 rings (SSSR count). The quantitative estimate of drug-likeness (QED) is 0.758. The fourth-order valence-electron chi connectivity index (χ4n) is 2.08. The summed E-state index contributed by atoms with van der Waals surface area (Å²) in [4.78, 5) is 24.3. The molecule has 0 aliphatic rings. The second-order valence-electron chi connectivity index (χ2n) is 5.38. The maximum absolute atomic E-state index is 12.9. The lowest BCUT2D eigenvalue weighted by Crippen LogP contribution is -2.26. The van der Waals surface area contributed by atoms with Crippen molar-refractivity contribution >= 4 is 23.6 Å². The van der Waals surface area contributed by atoms with Gasteiger partial charge in [0.05, 0.1) is 5.69 Å². The monoisotopic (exact) mass is 344 g/mol. The predicted molar refractivity (Wildman–Crippen MR) is 94.6 cm³/mol. The van der Waals surface area contributed by atoms with Crippen molar-refractivity contribution in [3.8, 4) is 0 Å². The molecule has 0 bridgehead atoms. The van der Waals surface area contributed by atoms with Crippen molar-refractivity contribution in [1.82, 2.24) is 15.1 Å². The highest BCUT2D eigenvalue weighted by Gasteiger charge is 2.17. The molecule has 0 radical (unpaired) electrons. The lowest BCUT2D eigenvalue weighted by molar-refractivity contribution is -0.111. The standard InChI is InChI=1S/C18H21FN4O2/c1-3-11-20-18(25)17-15(12-23(4-2)22-17)21-16(24)10-7-13-5-8-14(19)9-6-13/h5-10,12H,3-4,11H2,1-2H3,(H,20,25)(H,21,24)/b10-7+. The molecule has 0 spiro atoms. The van der Waals surface area contributed by atoms with Crippen LogP contribution in [0.2, 0.25) is 0 Å². The van der Waals surface area contributed by atoms with E-state index in [2.05, 4.69) is 15.7 Å². The predicted octanol–water partition coefficient (Wildman–Crippen LogP) is 2.83. The number of rotatable bonds is 7. The number of nitrogens with one attached hydrogen (secondary N) is 2. The Labute approximate surface area is 145 Å². The van der Waals surface area contributed by atoms with Crippen LogP contribution >= 0.6 is 0 Å². The molecule has 1 aromatic carbocycles. The molecule has 1 aromatic heterocycles. The number of benzene rings is 1. The Hall–Kier alpha value is -2.96. The van der Waals surface area contributed by atoms with E-state index >= 15 is 0 Å². The van der Waals surface area contributed by atoms with Gasteiger partial charge in [-0.2, -0.15) is 5.10 Å². The van der Waals surface area contributed by atoms with Crippen molar-refractivity contribution in [3.63, 3.8) is 0 Å². The number of nitrogens with zero attached hydrogens (tertiary/aromatic N) is 2. The number of carbonyl (C=O) groups is 2. The minimum absolute atomic E-state index is 0.179. The van der Waals surface area contributed by atoms with Gasteiger partial charge < -0.3 is 10.6 Å². The Morgan fingerprint density at radius 1 is 1.24 bits per heavy atom. The number of hydrogen-bond acceptors (Lipinski definition) is 3. The first-order valence-corrected chi connectivity index (χ1v) is 8.13. The van der Waals surface area contributed by atoms with Crippen LogP contribution in [0.1, 0.15) is 36.3 Å². The van der Waals surface area contributed by atoms with Gasteiger partial charge in [0.1, 0.15) is 5.82 Å². The summed E-state index contributed by atoms with van der Waals surface area (Å²) in [5.41, 5.74) is 1.23. The highest BCUT2D eigenvalue weighted by molar-refractivity contribution is 6.06. The van der Waals surface area contributed by atoms with Crippen molar-refractivity contribution in [1.29, 1.82) is 0 Å². The van der Waals surface area contributed by atoms with E-state index in [1.165, 1.54) is 18.2 Å². The summed E-state index contributed by atoms with van der Waals surface area (Å²) in [6, 6.07) is 5.77. The van der Waals surface area contributed by atoms with Gasteiger partial charge in [0.15, 0.2) is 5.69 Å². The van der Waals surface area contributed by atoms with Crippen LogP contribution < -0.4 is 10.6 Å². The first kappa shape index (κ1) is 18.4. The van der Waals surface area contributed by atoms with Crippen molar-refractivity contribution in [3.05, 3.63) is 53.6 Å². The van der Waals surface area contributed by atoms with Crippen LogP contribution in [0.3, 0.4) is 0 Å². The van der Waals surface area contributed by atoms with Gasteiger partial charge in [-0.05, 0) is 37.1 Å². The summed E-state index contributed by atoms with van der Waals surface area (Å²) in [6.45, 7) is 4.96. The summed E-state index contributed by atoms with van der Waals surface area (Å²) in [7, 11) is 0. The molecule has 2 aromatic rings. The van der Waals surface area contributed by atoms with E-state index < -0.39 is 5.91 Å². The van der Waals surface area contributed by atoms with E-state index in [9.17, 15) is 14.0 Å². The number of aryl methyl sites for hydroxylation is 1. The van der Waals surface area contributed by atoms with Crippen molar-refractivity contribution in [2.24, 2.45) is 0 Å². The Kier molecular flexibility index (Phi) is 6.45. The fourth-order valence-corrected chi connectivity index (χ4v) is 2.08. The van der Waals surface area contributed by atoms with Gasteiger partial charge in [-0.1, -0.05) is 19.1 Å². The fraction of sp³-hybridized carbons (Fsp3) is 0.278. The molecule has 0 saturated heterocycles. The molecule has 1 heterocycles. The SMILES string of the molecule is CCCNC(=O)c1nn(CC)cc1NC(=O)/C=C/c1ccc(F)cc1. The molecule has 0 saturated carbocycles. The summed E-state index contributed by atoms with van der Waals surface area (Å²) >= 11 is 0. The van der Waals surface area contributed by atoms with E-state index in [1.54, 1.807) is 29.1 Å². The third-order valence-electron chi connectivity index (χ3n) is 3.39. The lowest BCUT2D eigenvalue weighted by Gasteiger charge is -2.04. The van der Waals surface area contributed by atoms with E-state index in [0.717, 1.165) is 6.42 Å². The summed E-state index contributed by atoms with van der Waals surface area (Å²) < 4.78 is 14.5.